The Morgan fingerprint density at radius 2 is 1.45 bits per heavy atom. The van der Waals surface area contributed by atoms with Crippen LogP contribution in [0.5, 0.6) is 0 Å². The van der Waals surface area contributed by atoms with Gasteiger partial charge in [0.15, 0.2) is 0 Å². The van der Waals surface area contributed by atoms with Crippen LogP contribution < -0.4 is 11.1 Å². The Morgan fingerprint density at radius 3 is 1.97 bits per heavy atom. The summed E-state index contributed by atoms with van der Waals surface area (Å²) in [6.07, 6.45) is 1.02. The van der Waals surface area contributed by atoms with Crippen molar-refractivity contribution in [1.29, 1.82) is 0 Å². The smallest absolute Gasteiger partial charge is 0.255 e. The lowest BCUT2D eigenvalue weighted by atomic mass is 9.94. The van der Waals surface area contributed by atoms with Crippen molar-refractivity contribution >= 4 is 27.5 Å². The molecule has 2 atom stereocenters. The lowest BCUT2D eigenvalue weighted by molar-refractivity contribution is 0.0998. The second-order valence-electron chi connectivity index (χ2n) is 7.69. The number of piperidine rings is 1. The van der Waals surface area contributed by atoms with E-state index in [-0.39, 0.29) is 10.8 Å². The Hall–Kier alpha value is -2.71. The molecule has 2 aromatic rings. The number of benzene rings is 2. The fourth-order valence-corrected chi connectivity index (χ4v) is 5.33. The molecule has 154 valence electrons. The number of sulfonamides is 1. The van der Waals surface area contributed by atoms with E-state index < -0.39 is 15.9 Å². The second-order valence-corrected chi connectivity index (χ2v) is 9.63. The molecule has 1 saturated heterocycles. The third-order valence-corrected chi connectivity index (χ3v) is 6.86. The largest absolute Gasteiger partial charge is 0.366 e. The standard InChI is InChI=1S/C21H25N3O4S/c1-14-11-15(2)13-24(12-14)29(27,28)19-9-5-17(6-10-19)21(26)23-18-7-3-16(4-8-18)20(22)25/h3-10,14-15H,11-13H2,1-2H3,(H2,22,25)(H,23,26). The number of carbonyl (C=O) groups excluding carboxylic acids is 2. The Balaban J connectivity index is 1.72. The molecule has 0 radical (unpaired) electrons. The van der Waals surface area contributed by atoms with Gasteiger partial charge in [-0.2, -0.15) is 4.31 Å². The van der Waals surface area contributed by atoms with Crippen molar-refractivity contribution in [3.8, 4) is 0 Å². The van der Waals surface area contributed by atoms with Gasteiger partial charge < -0.3 is 11.1 Å². The Labute approximate surface area is 171 Å². The summed E-state index contributed by atoms with van der Waals surface area (Å²) < 4.78 is 27.4. The average molecular weight is 416 g/mol. The summed E-state index contributed by atoms with van der Waals surface area (Å²) in [5.41, 5.74) is 6.39. The van der Waals surface area contributed by atoms with Gasteiger partial charge in [-0.3, -0.25) is 9.59 Å². The second kappa shape index (κ2) is 8.34. The number of nitrogens with one attached hydrogen (secondary N) is 1. The summed E-state index contributed by atoms with van der Waals surface area (Å²) in [7, 11) is -3.58. The van der Waals surface area contributed by atoms with E-state index in [2.05, 4.69) is 19.2 Å². The number of amides is 2. The summed E-state index contributed by atoms with van der Waals surface area (Å²) in [4.78, 5) is 23.7. The van der Waals surface area contributed by atoms with Crippen LogP contribution in [-0.2, 0) is 10.0 Å². The summed E-state index contributed by atoms with van der Waals surface area (Å²) in [6.45, 7) is 5.13. The minimum atomic E-state index is -3.58. The van der Waals surface area contributed by atoms with Crippen molar-refractivity contribution in [2.45, 2.75) is 25.2 Å². The molecule has 1 heterocycles. The van der Waals surface area contributed by atoms with Gasteiger partial charge in [-0.15, -0.1) is 0 Å². The summed E-state index contributed by atoms with van der Waals surface area (Å²) >= 11 is 0. The maximum Gasteiger partial charge on any atom is 0.255 e. The average Bonchev–Trinajstić information content (AvgIpc) is 2.67. The minimum absolute atomic E-state index is 0.182. The van der Waals surface area contributed by atoms with Crippen LogP contribution >= 0.6 is 0 Å². The topological polar surface area (TPSA) is 110 Å². The van der Waals surface area contributed by atoms with Crippen molar-refractivity contribution < 1.29 is 18.0 Å². The van der Waals surface area contributed by atoms with Crippen molar-refractivity contribution in [1.82, 2.24) is 4.31 Å². The van der Waals surface area contributed by atoms with E-state index in [0.29, 0.717) is 41.7 Å². The minimum Gasteiger partial charge on any atom is -0.366 e. The van der Waals surface area contributed by atoms with E-state index in [4.69, 9.17) is 5.73 Å². The molecule has 8 heteroatoms. The molecule has 0 aliphatic carbocycles. The summed E-state index contributed by atoms with van der Waals surface area (Å²) in [6, 6.07) is 12.1. The van der Waals surface area contributed by atoms with Crippen LogP contribution in [0.2, 0.25) is 0 Å². The van der Waals surface area contributed by atoms with E-state index in [0.717, 1.165) is 6.42 Å². The van der Waals surface area contributed by atoms with Gasteiger partial charge in [0.25, 0.3) is 5.91 Å². The highest BCUT2D eigenvalue weighted by molar-refractivity contribution is 7.89. The molecule has 0 aromatic heterocycles. The van der Waals surface area contributed by atoms with Crippen molar-refractivity contribution in [3.05, 3.63) is 59.7 Å². The first-order valence-electron chi connectivity index (χ1n) is 9.48. The highest BCUT2D eigenvalue weighted by atomic mass is 32.2. The van der Waals surface area contributed by atoms with Crippen LogP contribution in [0.3, 0.4) is 0 Å². The normalized spacial score (nSPS) is 20.2. The number of carbonyl (C=O) groups is 2. The predicted octanol–water partition coefficient (Wildman–Crippen LogP) is 2.70. The summed E-state index contributed by atoms with van der Waals surface area (Å²) in [5, 5.41) is 2.71. The van der Waals surface area contributed by atoms with Crippen molar-refractivity contribution in [2.75, 3.05) is 18.4 Å². The maximum absolute atomic E-state index is 12.9. The van der Waals surface area contributed by atoms with Crippen LogP contribution in [0.1, 0.15) is 41.0 Å². The monoisotopic (exact) mass is 415 g/mol. The SMILES string of the molecule is CC1CC(C)CN(S(=O)(=O)c2ccc(C(=O)Nc3ccc(C(N)=O)cc3)cc2)C1. The van der Waals surface area contributed by atoms with Gasteiger partial charge in [-0.1, -0.05) is 13.8 Å². The molecule has 1 fully saturated rings. The third-order valence-electron chi connectivity index (χ3n) is 5.02. The molecule has 3 N–H and O–H groups in total. The lowest BCUT2D eigenvalue weighted by Crippen LogP contribution is -2.42. The van der Waals surface area contributed by atoms with Gasteiger partial charge in [0.05, 0.1) is 4.90 Å². The van der Waals surface area contributed by atoms with Crippen LogP contribution in [0.4, 0.5) is 5.69 Å². The van der Waals surface area contributed by atoms with E-state index >= 15 is 0 Å². The molecule has 29 heavy (non-hydrogen) atoms. The number of nitrogens with two attached hydrogens (primary N) is 1. The molecular weight excluding hydrogens is 390 g/mol. The van der Waals surface area contributed by atoms with E-state index in [1.165, 1.54) is 40.7 Å². The molecule has 7 nitrogen and oxygen atoms in total. The number of nitrogens with zero attached hydrogens (tertiary/aromatic N) is 1. The molecule has 1 aliphatic heterocycles. The predicted molar refractivity (Wildman–Crippen MR) is 111 cm³/mol. The van der Waals surface area contributed by atoms with Crippen LogP contribution in [-0.4, -0.2) is 37.6 Å². The first-order valence-corrected chi connectivity index (χ1v) is 10.9. The van der Waals surface area contributed by atoms with Crippen molar-refractivity contribution in [2.24, 2.45) is 17.6 Å². The number of primary amides is 1. The zero-order valence-electron chi connectivity index (χ0n) is 16.5. The van der Waals surface area contributed by atoms with E-state index in [1.54, 1.807) is 12.1 Å². The van der Waals surface area contributed by atoms with Gasteiger partial charge in [-0.25, -0.2) is 8.42 Å². The van der Waals surface area contributed by atoms with Crippen LogP contribution in [0, 0.1) is 11.8 Å². The third kappa shape index (κ3) is 4.83. The molecule has 0 bridgehead atoms. The van der Waals surface area contributed by atoms with E-state index in [1.807, 2.05) is 0 Å². The van der Waals surface area contributed by atoms with Gasteiger partial charge >= 0.3 is 0 Å². The highest BCUT2D eigenvalue weighted by Crippen LogP contribution is 2.26. The molecule has 2 aromatic carbocycles. The zero-order chi connectivity index (χ0) is 21.2. The fourth-order valence-electron chi connectivity index (χ4n) is 3.65. The first-order chi connectivity index (χ1) is 13.7. The van der Waals surface area contributed by atoms with Gasteiger partial charge in [0, 0.05) is 29.9 Å². The molecule has 0 saturated carbocycles. The number of hydrogen-bond acceptors (Lipinski definition) is 4. The number of rotatable bonds is 5. The van der Waals surface area contributed by atoms with Gasteiger partial charge in [-0.05, 0) is 66.8 Å². The molecule has 0 spiro atoms. The fraction of sp³-hybridized carbons (Fsp3) is 0.333. The van der Waals surface area contributed by atoms with Crippen LogP contribution in [0.25, 0.3) is 0 Å². The Kier molecular flexibility index (Phi) is 6.04. The Bertz CT molecular complexity index is 991. The molecule has 2 unspecified atom stereocenters. The zero-order valence-corrected chi connectivity index (χ0v) is 17.3. The number of hydrogen-bond donors (Lipinski definition) is 2. The van der Waals surface area contributed by atoms with Crippen molar-refractivity contribution in [3.63, 3.8) is 0 Å². The van der Waals surface area contributed by atoms with Gasteiger partial charge in [0.2, 0.25) is 15.9 Å². The van der Waals surface area contributed by atoms with Crippen LogP contribution in [0.15, 0.2) is 53.4 Å². The molecule has 3 rings (SSSR count). The highest BCUT2D eigenvalue weighted by Gasteiger charge is 2.31. The Morgan fingerprint density at radius 1 is 0.931 bits per heavy atom. The first kappa shape index (κ1) is 21.0. The lowest BCUT2D eigenvalue weighted by Gasteiger charge is -2.34. The maximum atomic E-state index is 12.9. The molecule has 1 aliphatic rings. The summed E-state index contributed by atoms with van der Waals surface area (Å²) in [5.74, 6) is -0.280. The quantitative estimate of drug-likeness (QED) is 0.782. The van der Waals surface area contributed by atoms with Gasteiger partial charge in [0.1, 0.15) is 0 Å². The molecule has 2 amide bonds. The molecular formula is C21H25N3O4S. The van der Waals surface area contributed by atoms with E-state index in [9.17, 15) is 18.0 Å². The number of anilines is 1.